The monoisotopic (exact) mass is 568 g/mol. The van der Waals surface area contributed by atoms with Gasteiger partial charge in [0.15, 0.2) is 11.5 Å². The Balaban J connectivity index is 1.28. The van der Waals surface area contributed by atoms with Crippen molar-refractivity contribution < 1.29 is 23.8 Å². The van der Waals surface area contributed by atoms with Crippen molar-refractivity contribution in [1.29, 1.82) is 0 Å². The molecule has 2 saturated carbocycles. The number of hydrogen-bond acceptors (Lipinski definition) is 6. The average molecular weight is 569 g/mol. The Labute approximate surface area is 248 Å². The summed E-state index contributed by atoms with van der Waals surface area (Å²) in [6, 6.07) is 8.10. The van der Waals surface area contributed by atoms with Crippen LogP contribution in [0.1, 0.15) is 66.8 Å². The predicted molar refractivity (Wildman–Crippen MR) is 159 cm³/mol. The highest BCUT2D eigenvalue weighted by Gasteiger charge is 2.67. The van der Waals surface area contributed by atoms with Gasteiger partial charge in [-0.2, -0.15) is 0 Å². The van der Waals surface area contributed by atoms with E-state index in [0.29, 0.717) is 23.5 Å². The van der Waals surface area contributed by atoms with Gasteiger partial charge in [0.2, 0.25) is 0 Å². The Kier molecular flexibility index (Phi) is 6.54. The lowest BCUT2D eigenvalue weighted by molar-refractivity contribution is -0.135. The fraction of sp³-hybridized carbons (Fsp3) is 0.543. The first-order valence-corrected chi connectivity index (χ1v) is 15.4. The normalized spacial score (nSPS) is 28.6. The van der Waals surface area contributed by atoms with Gasteiger partial charge in [-0.3, -0.25) is 14.5 Å². The Morgan fingerprint density at radius 1 is 1.12 bits per heavy atom. The van der Waals surface area contributed by atoms with Crippen molar-refractivity contribution in [3.05, 3.63) is 52.1 Å². The van der Waals surface area contributed by atoms with Crippen molar-refractivity contribution in [3.63, 3.8) is 0 Å². The molecule has 1 spiro atoms. The summed E-state index contributed by atoms with van der Waals surface area (Å²) in [5.74, 6) is 8.63. The van der Waals surface area contributed by atoms with E-state index in [2.05, 4.69) is 30.6 Å². The van der Waals surface area contributed by atoms with Gasteiger partial charge in [0, 0.05) is 60.7 Å². The van der Waals surface area contributed by atoms with E-state index >= 15 is 0 Å². The number of methoxy groups -OCH3 is 1. The largest absolute Gasteiger partial charge is 0.493 e. The van der Waals surface area contributed by atoms with Crippen LogP contribution in [0.25, 0.3) is 0 Å². The maximum atomic E-state index is 13.5. The second-order valence-electron chi connectivity index (χ2n) is 13.1. The molecule has 5 aliphatic rings. The molecule has 0 N–H and O–H groups in total. The molecule has 7 rings (SSSR count). The van der Waals surface area contributed by atoms with E-state index in [1.54, 1.807) is 7.11 Å². The summed E-state index contributed by atoms with van der Waals surface area (Å²) < 4.78 is 18.6. The van der Waals surface area contributed by atoms with Crippen molar-refractivity contribution >= 4 is 11.9 Å². The Hall–Kier alpha value is -3.50. The summed E-state index contributed by atoms with van der Waals surface area (Å²) in [5, 5.41) is 0. The summed E-state index contributed by atoms with van der Waals surface area (Å²) in [6.45, 7) is 7.73. The number of hydrogen-bond donors (Lipinski definition) is 0. The fourth-order valence-corrected chi connectivity index (χ4v) is 8.47. The molecule has 5 atom stereocenters. The van der Waals surface area contributed by atoms with Gasteiger partial charge in [0.25, 0.3) is 5.91 Å². The van der Waals surface area contributed by atoms with Crippen LogP contribution in [0.5, 0.6) is 17.2 Å². The first kappa shape index (κ1) is 27.3. The molecule has 42 heavy (non-hydrogen) atoms. The number of nitrogens with zero attached hydrogens (tertiary/aromatic N) is 2. The number of rotatable bonds is 5. The lowest BCUT2D eigenvalue weighted by Gasteiger charge is -2.60. The van der Waals surface area contributed by atoms with Gasteiger partial charge in [-0.25, -0.2) is 0 Å². The number of esters is 1. The van der Waals surface area contributed by atoms with Crippen LogP contribution in [0, 0.1) is 37.5 Å². The zero-order valence-electron chi connectivity index (χ0n) is 25.3. The van der Waals surface area contributed by atoms with E-state index in [-0.39, 0.29) is 29.4 Å². The van der Waals surface area contributed by atoms with Crippen LogP contribution in [0.15, 0.2) is 24.3 Å². The number of carbonyl (C=O) groups excluding carboxylic acids is 2. The standard InChI is InChI=1S/C35H40N2O5/c1-20-6-7-23(16-21(20)2)10-13-31(39)36(4)27-12-11-26-28-17-25-29(41-22(3)38)18-30(40-5)33-32(25)35(26,34(27)42-33)14-15-37(28)19-24-8-9-24/h6-7,16,18,24,26-28,34H,8-9,11-12,14-15,17,19H2,1-5H3/t26-,27+,28+,34-,35-/m0/s1. The number of likely N-dealkylation sites (N-methyl/N-ethyl adjacent to an activating group) is 1. The molecule has 3 fully saturated rings. The first-order chi connectivity index (χ1) is 20.2. The van der Waals surface area contributed by atoms with Crippen molar-refractivity contribution in [2.24, 2.45) is 11.8 Å². The molecule has 0 aromatic heterocycles. The molecular weight excluding hydrogens is 528 g/mol. The molecule has 2 aromatic rings. The van der Waals surface area contributed by atoms with Crippen molar-refractivity contribution in [1.82, 2.24) is 9.80 Å². The quantitative estimate of drug-likeness (QED) is 0.299. The lowest BCUT2D eigenvalue weighted by atomic mass is 9.50. The highest BCUT2D eigenvalue weighted by Crippen LogP contribution is 2.66. The first-order valence-electron chi connectivity index (χ1n) is 15.4. The second kappa shape index (κ2) is 10.1. The molecule has 1 saturated heterocycles. The smallest absolute Gasteiger partial charge is 0.308 e. The van der Waals surface area contributed by atoms with Crippen molar-refractivity contribution in [2.45, 2.75) is 82.9 Å². The van der Waals surface area contributed by atoms with Gasteiger partial charge in [0.05, 0.1) is 13.2 Å². The van der Waals surface area contributed by atoms with Crippen LogP contribution in [0.3, 0.4) is 0 Å². The molecule has 2 bridgehead atoms. The number of aryl methyl sites for hydroxylation is 2. The molecule has 2 aliphatic heterocycles. The Morgan fingerprint density at radius 3 is 2.64 bits per heavy atom. The molecule has 7 heteroatoms. The van der Waals surface area contributed by atoms with Crippen molar-refractivity contribution in [3.8, 4) is 29.1 Å². The zero-order chi connectivity index (χ0) is 29.3. The lowest BCUT2D eigenvalue weighted by Crippen LogP contribution is -2.69. The molecule has 2 heterocycles. The van der Waals surface area contributed by atoms with Gasteiger partial charge >= 0.3 is 5.97 Å². The molecule has 220 valence electrons. The molecule has 3 aliphatic carbocycles. The summed E-state index contributed by atoms with van der Waals surface area (Å²) in [5.41, 5.74) is 5.18. The van der Waals surface area contributed by atoms with E-state index in [1.807, 2.05) is 36.2 Å². The van der Waals surface area contributed by atoms with Gasteiger partial charge in [-0.05, 0) is 94.0 Å². The summed E-state index contributed by atoms with van der Waals surface area (Å²) in [4.78, 5) is 30.3. The van der Waals surface area contributed by atoms with Gasteiger partial charge in [0.1, 0.15) is 11.9 Å². The van der Waals surface area contributed by atoms with E-state index in [0.717, 1.165) is 72.7 Å². The van der Waals surface area contributed by atoms with Gasteiger partial charge in [-0.1, -0.05) is 12.0 Å². The number of ether oxygens (including phenoxy) is 3. The zero-order valence-corrected chi connectivity index (χ0v) is 25.3. The number of piperidine rings is 1. The van der Waals surface area contributed by atoms with Crippen LogP contribution in [0.2, 0.25) is 0 Å². The van der Waals surface area contributed by atoms with Crippen LogP contribution in [-0.4, -0.2) is 67.1 Å². The third-order valence-corrected chi connectivity index (χ3v) is 10.8. The van der Waals surface area contributed by atoms with Crippen LogP contribution in [0.4, 0.5) is 0 Å². The Morgan fingerprint density at radius 2 is 1.93 bits per heavy atom. The van der Waals surface area contributed by atoms with Crippen LogP contribution in [-0.2, 0) is 21.4 Å². The minimum Gasteiger partial charge on any atom is -0.493 e. The predicted octanol–water partition coefficient (Wildman–Crippen LogP) is 4.57. The molecule has 0 unspecified atom stereocenters. The number of benzene rings is 2. The van der Waals surface area contributed by atoms with Gasteiger partial charge in [-0.15, -0.1) is 0 Å². The Bertz CT molecular complexity index is 1530. The SMILES string of the molecule is COc1cc(OC(C)=O)c2c3c1O[C@H]1[C@H](N(C)C(=O)C#Cc4ccc(C)c(C)c4)CC[C@H]4[C@@H](C2)N(CC2CC2)CC[C@@]341. The number of likely N-dealkylation sites (tertiary alicyclic amines) is 1. The van der Waals surface area contributed by atoms with E-state index in [1.165, 1.54) is 25.3 Å². The van der Waals surface area contributed by atoms with Crippen LogP contribution < -0.4 is 14.2 Å². The highest BCUT2D eigenvalue weighted by molar-refractivity contribution is 5.94. The summed E-state index contributed by atoms with van der Waals surface area (Å²) in [6.07, 6.45) is 6.09. The molecule has 7 nitrogen and oxygen atoms in total. The second-order valence-corrected chi connectivity index (χ2v) is 13.1. The maximum Gasteiger partial charge on any atom is 0.308 e. The van der Waals surface area contributed by atoms with Crippen molar-refractivity contribution in [2.75, 3.05) is 27.2 Å². The molecule has 1 amide bonds. The highest BCUT2D eigenvalue weighted by atomic mass is 16.5. The summed E-state index contributed by atoms with van der Waals surface area (Å²) >= 11 is 0. The molecule has 2 aromatic carbocycles. The summed E-state index contributed by atoms with van der Waals surface area (Å²) in [7, 11) is 3.51. The van der Waals surface area contributed by atoms with E-state index < -0.39 is 0 Å². The molecular formula is C35H40N2O5. The maximum absolute atomic E-state index is 13.5. The topological polar surface area (TPSA) is 68.3 Å². The van der Waals surface area contributed by atoms with Gasteiger partial charge < -0.3 is 19.1 Å². The van der Waals surface area contributed by atoms with E-state index in [4.69, 9.17) is 14.2 Å². The fourth-order valence-electron chi connectivity index (χ4n) is 8.47. The number of amides is 1. The third-order valence-electron chi connectivity index (χ3n) is 10.8. The third kappa shape index (κ3) is 4.21. The minimum absolute atomic E-state index is 0.126. The van der Waals surface area contributed by atoms with E-state index in [9.17, 15) is 9.59 Å². The van der Waals surface area contributed by atoms with Crippen LogP contribution >= 0.6 is 0 Å². The molecule has 0 radical (unpaired) electrons. The minimum atomic E-state index is -0.336. The number of carbonyl (C=O) groups is 2. The average Bonchev–Trinajstić information content (AvgIpc) is 3.72.